The van der Waals surface area contributed by atoms with Crippen LogP contribution in [0, 0.1) is 12.7 Å². The molecule has 0 amide bonds. The van der Waals surface area contributed by atoms with E-state index in [-0.39, 0.29) is 5.82 Å². The minimum absolute atomic E-state index is 0.232. The molecule has 0 saturated heterocycles. The third-order valence-electron chi connectivity index (χ3n) is 3.24. The van der Waals surface area contributed by atoms with Gasteiger partial charge in [-0.2, -0.15) is 0 Å². The number of aryl methyl sites for hydroxylation is 1. The topological polar surface area (TPSA) is 21.3 Å². The Morgan fingerprint density at radius 3 is 2.40 bits per heavy atom. The van der Waals surface area contributed by atoms with Crippen LogP contribution in [0.1, 0.15) is 16.7 Å². The van der Waals surface area contributed by atoms with E-state index in [1.54, 1.807) is 19.1 Å². The Bertz CT molecular complexity index is 551. The molecular formula is C17H20FNO. The third-order valence-corrected chi connectivity index (χ3v) is 3.24. The maximum absolute atomic E-state index is 13.4. The molecule has 0 unspecified atom stereocenters. The average Bonchev–Trinajstić information content (AvgIpc) is 2.47. The third kappa shape index (κ3) is 4.07. The van der Waals surface area contributed by atoms with Crippen LogP contribution in [0.25, 0.3) is 0 Å². The molecule has 0 aliphatic carbocycles. The van der Waals surface area contributed by atoms with Crippen molar-refractivity contribution in [3.05, 3.63) is 65.0 Å². The lowest BCUT2D eigenvalue weighted by Crippen LogP contribution is -2.10. The van der Waals surface area contributed by atoms with Gasteiger partial charge < -0.3 is 10.1 Å². The molecule has 3 heteroatoms. The fourth-order valence-corrected chi connectivity index (χ4v) is 1.90. The van der Waals surface area contributed by atoms with E-state index in [2.05, 4.69) is 29.6 Å². The summed E-state index contributed by atoms with van der Waals surface area (Å²) in [5.41, 5.74) is 3.01. The van der Waals surface area contributed by atoms with Crippen molar-refractivity contribution >= 4 is 0 Å². The van der Waals surface area contributed by atoms with Gasteiger partial charge >= 0.3 is 0 Å². The fourth-order valence-electron chi connectivity index (χ4n) is 1.90. The van der Waals surface area contributed by atoms with Gasteiger partial charge in [-0.15, -0.1) is 0 Å². The monoisotopic (exact) mass is 273 g/mol. The van der Waals surface area contributed by atoms with Crippen LogP contribution in [0.4, 0.5) is 4.39 Å². The summed E-state index contributed by atoms with van der Waals surface area (Å²) < 4.78 is 19.0. The lowest BCUT2D eigenvalue weighted by molar-refractivity contribution is 0.304. The van der Waals surface area contributed by atoms with Crippen LogP contribution in [-0.2, 0) is 13.0 Å². The smallest absolute Gasteiger partial charge is 0.129 e. The van der Waals surface area contributed by atoms with Crippen molar-refractivity contribution in [2.24, 2.45) is 0 Å². The quantitative estimate of drug-likeness (QED) is 0.870. The van der Waals surface area contributed by atoms with E-state index in [1.165, 1.54) is 11.6 Å². The summed E-state index contributed by atoms with van der Waals surface area (Å²) >= 11 is 0. The van der Waals surface area contributed by atoms with Gasteiger partial charge in [0.1, 0.15) is 18.2 Å². The minimum atomic E-state index is -0.232. The average molecular weight is 273 g/mol. The minimum Gasteiger partial charge on any atom is -0.489 e. The van der Waals surface area contributed by atoms with Gasteiger partial charge in [-0.3, -0.25) is 0 Å². The van der Waals surface area contributed by atoms with Crippen molar-refractivity contribution < 1.29 is 9.13 Å². The van der Waals surface area contributed by atoms with Gasteiger partial charge in [-0.25, -0.2) is 4.39 Å². The molecule has 20 heavy (non-hydrogen) atoms. The molecule has 0 atom stereocenters. The Balaban J connectivity index is 1.91. The molecule has 2 aromatic rings. The second kappa shape index (κ2) is 7.06. The van der Waals surface area contributed by atoms with E-state index >= 15 is 0 Å². The first-order chi connectivity index (χ1) is 9.69. The van der Waals surface area contributed by atoms with Gasteiger partial charge in [0.2, 0.25) is 0 Å². The van der Waals surface area contributed by atoms with Gasteiger partial charge in [0.15, 0.2) is 0 Å². The molecule has 1 N–H and O–H groups in total. The highest BCUT2D eigenvalue weighted by Gasteiger charge is 2.01. The molecule has 2 nitrogen and oxygen atoms in total. The number of nitrogens with one attached hydrogen (secondary N) is 1. The first-order valence-corrected chi connectivity index (χ1v) is 6.80. The second-order valence-corrected chi connectivity index (χ2v) is 4.87. The van der Waals surface area contributed by atoms with Crippen molar-refractivity contribution in [2.45, 2.75) is 20.0 Å². The number of likely N-dealkylation sites (N-methyl/N-ethyl adjacent to an activating group) is 1. The van der Waals surface area contributed by atoms with Crippen LogP contribution in [0.2, 0.25) is 0 Å². The summed E-state index contributed by atoms with van der Waals surface area (Å²) in [6, 6.07) is 13.3. The molecule has 2 aromatic carbocycles. The normalized spacial score (nSPS) is 10.6. The van der Waals surface area contributed by atoms with Gasteiger partial charge in [-0.05, 0) is 49.7 Å². The van der Waals surface area contributed by atoms with E-state index < -0.39 is 0 Å². The van der Waals surface area contributed by atoms with Crippen LogP contribution >= 0.6 is 0 Å². The lowest BCUT2D eigenvalue weighted by Gasteiger charge is -2.08. The Morgan fingerprint density at radius 2 is 1.75 bits per heavy atom. The number of rotatable bonds is 6. The summed E-state index contributed by atoms with van der Waals surface area (Å²) in [5, 5.41) is 3.13. The molecule has 0 bridgehead atoms. The second-order valence-electron chi connectivity index (χ2n) is 4.87. The van der Waals surface area contributed by atoms with E-state index in [1.807, 2.05) is 7.05 Å². The summed E-state index contributed by atoms with van der Waals surface area (Å²) in [4.78, 5) is 0. The van der Waals surface area contributed by atoms with Crippen molar-refractivity contribution in [2.75, 3.05) is 13.6 Å². The largest absolute Gasteiger partial charge is 0.489 e. The Morgan fingerprint density at radius 1 is 1.05 bits per heavy atom. The molecule has 0 heterocycles. The molecular weight excluding hydrogens is 253 g/mol. The van der Waals surface area contributed by atoms with Crippen LogP contribution in [0.15, 0.2) is 42.5 Å². The Labute approximate surface area is 119 Å². The standard InChI is InChI=1S/C17H20FNO/c1-13-3-8-16(11-17(13)18)20-12-15-6-4-14(5-7-15)9-10-19-2/h3-8,11,19H,9-10,12H2,1-2H3. The first kappa shape index (κ1) is 14.5. The van der Waals surface area contributed by atoms with Gasteiger partial charge in [-0.1, -0.05) is 30.3 Å². The lowest BCUT2D eigenvalue weighted by atomic mass is 10.1. The number of hydrogen-bond acceptors (Lipinski definition) is 2. The van der Waals surface area contributed by atoms with Gasteiger partial charge in [0.25, 0.3) is 0 Å². The highest BCUT2D eigenvalue weighted by atomic mass is 19.1. The van der Waals surface area contributed by atoms with Crippen LogP contribution in [0.5, 0.6) is 5.75 Å². The molecule has 0 radical (unpaired) electrons. The predicted molar refractivity (Wildman–Crippen MR) is 79.5 cm³/mol. The zero-order chi connectivity index (χ0) is 14.4. The van der Waals surface area contributed by atoms with Gasteiger partial charge in [0, 0.05) is 6.07 Å². The van der Waals surface area contributed by atoms with Crippen LogP contribution in [-0.4, -0.2) is 13.6 Å². The zero-order valence-corrected chi connectivity index (χ0v) is 11.9. The van der Waals surface area contributed by atoms with E-state index in [4.69, 9.17) is 4.74 Å². The van der Waals surface area contributed by atoms with Crippen molar-refractivity contribution in [3.63, 3.8) is 0 Å². The molecule has 0 aliphatic heterocycles. The molecule has 0 fully saturated rings. The van der Waals surface area contributed by atoms with E-state index in [0.29, 0.717) is 17.9 Å². The van der Waals surface area contributed by atoms with E-state index in [0.717, 1.165) is 18.5 Å². The van der Waals surface area contributed by atoms with Crippen molar-refractivity contribution in [3.8, 4) is 5.75 Å². The number of ether oxygens (including phenoxy) is 1. The molecule has 0 aliphatic rings. The van der Waals surface area contributed by atoms with Gasteiger partial charge in [0.05, 0.1) is 0 Å². The summed E-state index contributed by atoms with van der Waals surface area (Å²) in [5.74, 6) is 0.331. The Kier molecular flexibility index (Phi) is 5.13. The summed E-state index contributed by atoms with van der Waals surface area (Å²) in [7, 11) is 1.95. The molecule has 0 saturated carbocycles. The zero-order valence-electron chi connectivity index (χ0n) is 11.9. The van der Waals surface area contributed by atoms with Crippen molar-refractivity contribution in [1.29, 1.82) is 0 Å². The maximum atomic E-state index is 13.4. The van der Waals surface area contributed by atoms with Crippen LogP contribution in [0.3, 0.4) is 0 Å². The highest BCUT2D eigenvalue weighted by Crippen LogP contribution is 2.17. The van der Waals surface area contributed by atoms with Crippen LogP contribution < -0.4 is 10.1 Å². The molecule has 0 aromatic heterocycles. The molecule has 2 rings (SSSR count). The summed E-state index contributed by atoms with van der Waals surface area (Å²) in [6.45, 7) is 3.16. The predicted octanol–water partition coefficient (Wildman–Crippen LogP) is 3.48. The molecule has 0 spiro atoms. The number of halogens is 1. The SMILES string of the molecule is CNCCc1ccc(COc2ccc(C)c(F)c2)cc1. The van der Waals surface area contributed by atoms with E-state index in [9.17, 15) is 4.39 Å². The summed E-state index contributed by atoms with van der Waals surface area (Å²) in [6.07, 6.45) is 1.01. The maximum Gasteiger partial charge on any atom is 0.129 e. The fraction of sp³-hybridized carbons (Fsp3) is 0.294. The number of hydrogen-bond donors (Lipinski definition) is 1. The highest BCUT2D eigenvalue weighted by molar-refractivity contribution is 5.29. The van der Waals surface area contributed by atoms with Crippen molar-refractivity contribution in [1.82, 2.24) is 5.32 Å². The Hall–Kier alpha value is -1.87. The number of benzene rings is 2. The first-order valence-electron chi connectivity index (χ1n) is 6.80. The molecule has 106 valence electrons.